The first-order valence-electron chi connectivity index (χ1n) is 9.92. The molecular weight excluding hydrogens is 408 g/mol. The Bertz CT molecular complexity index is 948. The molecule has 0 atom stereocenters. The van der Waals surface area contributed by atoms with Gasteiger partial charge in [-0.3, -0.25) is 4.79 Å². The molecule has 0 bridgehead atoms. The van der Waals surface area contributed by atoms with Gasteiger partial charge in [-0.15, -0.1) is 0 Å². The van der Waals surface area contributed by atoms with Crippen molar-refractivity contribution in [3.8, 4) is 0 Å². The molecule has 3 rings (SSSR count). The maximum Gasteiger partial charge on any atom is 0.338 e. The summed E-state index contributed by atoms with van der Waals surface area (Å²) in [6, 6.07) is 8.88. The molecule has 1 aromatic carbocycles. The van der Waals surface area contributed by atoms with Crippen LogP contribution in [-0.4, -0.2) is 44.9 Å². The van der Waals surface area contributed by atoms with Crippen LogP contribution >= 0.6 is 0 Å². The second-order valence-electron chi connectivity index (χ2n) is 7.30. The lowest BCUT2D eigenvalue weighted by atomic mass is 9.94. The van der Waals surface area contributed by atoms with Gasteiger partial charge < -0.3 is 14.1 Å². The molecule has 1 aliphatic rings. The molecule has 1 aliphatic carbocycles. The zero-order valence-corrected chi connectivity index (χ0v) is 17.7. The van der Waals surface area contributed by atoms with E-state index in [2.05, 4.69) is 4.72 Å². The van der Waals surface area contributed by atoms with Crippen molar-refractivity contribution >= 4 is 21.9 Å². The standard InChI is InChI=1S/C21H26N2O6S/c1-23(17-6-3-2-4-7-17)20(24)15-29-21(25)16-9-11-19(12-10-16)30(26,27)22-14-18-8-5-13-28-18/h5,8-13,17,22H,2-4,6-7,14-15H2,1H3. The van der Waals surface area contributed by atoms with Crippen molar-refractivity contribution < 1.29 is 27.2 Å². The van der Waals surface area contributed by atoms with Crippen LogP contribution in [0.5, 0.6) is 0 Å². The highest BCUT2D eigenvalue weighted by Crippen LogP contribution is 2.21. The quantitative estimate of drug-likeness (QED) is 0.641. The van der Waals surface area contributed by atoms with Crippen molar-refractivity contribution in [1.82, 2.24) is 9.62 Å². The number of rotatable bonds is 8. The van der Waals surface area contributed by atoms with Crippen molar-refractivity contribution in [3.63, 3.8) is 0 Å². The van der Waals surface area contributed by atoms with Crippen LogP contribution in [-0.2, 0) is 26.1 Å². The minimum absolute atomic E-state index is 0.0127. The minimum Gasteiger partial charge on any atom is -0.468 e. The highest BCUT2D eigenvalue weighted by molar-refractivity contribution is 7.89. The number of likely N-dealkylation sites (N-methyl/N-ethyl adjacent to an activating group) is 1. The summed E-state index contributed by atoms with van der Waals surface area (Å²) in [4.78, 5) is 26.2. The third-order valence-electron chi connectivity index (χ3n) is 5.26. The SMILES string of the molecule is CN(C(=O)COC(=O)c1ccc(S(=O)(=O)NCc2ccco2)cc1)C1CCCCC1. The van der Waals surface area contributed by atoms with Crippen LogP contribution in [0.4, 0.5) is 0 Å². The number of esters is 1. The Labute approximate surface area is 176 Å². The summed E-state index contributed by atoms with van der Waals surface area (Å²) in [5.74, 6) is -0.425. The Morgan fingerprint density at radius 1 is 1.13 bits per heavy atom. The van der Waals surface area contributed by atoms with Crippen molar-refractivity contribution in [2.75, 3.05) is 13.7 Å². The van der Waals surface area contributed by atoms with Gasteiger partial charge in [0.2, 0.25) is 10.0 Å². The van der Waals surface area contributed by atoms with Gasteiger partial charge in [0.1, 0.15) is 5.76 Å². The van der Waals surface area contributed by atoms with Crippen LogP contribution in [0.2, 0.25) is 0 Å². The third-order valence-corrected chi connectivity index (χ3v) is 6.68. The first-order chi connectivity index (χ1) is 14.4. The highest BCUT2D eigenvalue weighted by Gasteiger charge is 2.23. The summed E-state index contributed by atoms with van der Waals surface area (Å²) < 4.78 is 37.3. The number of amides is 1. The van der Waals surface area contributed by atoms with Gasteiger partial charge in [0.05, 0.1) is 23.3 Å². The number of benzene rings is 1. The number of nitrogens with one attached hydrogen (secondary N) is 1. The molecule has 2 aromatic rings. The van der Waals surface area contributed by atoms with E-state index in [-0.39, 0.29) is 35.6 Å². The van der Waals surface area contributed by atoms with E-state index in [1.54, 1.807) is 24.1 Å². The van der Waals surface area contributed by atoms with Gasteiger partial charge in [-0.25, -0.2) is 17.9 Å². The molecule has 30 heavy (non-hydrogen) atoms. The molecule has 0 radical (unpaired) electrons. The van der Waals surface area contributed by atoms with Gasteiger partial charge >= 0.3 is 5.97 Å². The lowest BCUT2D eigenvalue weighted by Gasteiger charge is -2.31. The second kappa shape index (κ2) is 9.90. The lowest BCUT2D eigenvalue weighted by Crippen LogP contribution is -2.40. The number of hydrogen-bond acceptors (Lipinski definition) is 6. The minimum atomic E-state index is -3.75. The summed E-state index contributed by atoms with van der Waals surface area (Å²) >= 11 is 0. The first-order valence-corrected chi connectivity index (χ1v) is 11.4. The predicted molar refractivity (Wildman–Crippen MR) is 109 cm³/mol. The smallest absolute Gasteiger partial charge is 0.338 e. The van der Waals surface area contributed by atoms with Crippen molar-refractivity contribution in [2.24, 2.45) is 0 Å². The number of sulfonamides is 1. The number of carbonyl (C=O) groups excluding carboxylic acids is 2. The predicted octanol–water partition coefficient (Wildman–Crippen LogP) is 2.71. The Kier molecular flexibility index (Phi) is 7.28. The van der Waals surface area contributed by atoms with Crippen LogP contribution in [0.15, 0.2) is 52.0 Å². The van der Waals surface area contributed by atoms with Crippen LogP contribution < -0.4 is 4.72 Å². The van der Waals surface area contributed by atoms with E-state index in [1.807, 2.05) is 0 Å². The van der Waals surface area contributed by atoms with Gasteiger partial charge in [0.25, 0.3) is 5.91 Å². The first kappa shape index (κ1) is 22.0. The van der Waals surface area contributed by atoms with Crippen molar-refractivity contribution in [1.29, 1.82) is 0 Å². The second-order valence-corrected chi connectivity index (χ2v) is 9.07. The summed E-state index contributed by atoms with van der Waals surface area (Å²) in [6.45, 7) is -0.313. The zero-order valence-electron chi connectivity index (χ0n) is 16.9. The van der Waals surface area contributed by atoms with Crippen LogP contribution in [0.3, 0.4) is 0 Å². The number of furan rings is 1. The summed E-state index contributed by atoms with van der Waals surface area (Å²) in [5.41, 5.74) is 0.174. The molecule has 0 spiro atoms. The number of hydrogen-bond donors (Lipinski definition) is 1. The van der Waals surface area contributed by atoms with E-state index in [9.17, 15) is 18.0 Å². The largest absolute Gasteiger partial charge is 0.468 e. The molecule has 0 unspecified atom stereocenters. The van der Waals surface area contributed by atoms with E-state index < -0.39 is 16.0 Å². The molecule has 9 heteroatoms. The Morgan fingerprint density at radius 3 is 2.47 bits per heavy atom. The van der Waals surface area contributed by atoms with Gasteiger partial charge in [0.15, 0.2) is 6.61 Å². The molecule has 1 saturated carbocycles. The van der Waals surface area contributed by atoms with Gasteiger partial charge in [0, 0.05) is 13.1 Å². The average Bonchev–Trinajstić information content (AvgIpc) is 3.30. The average molecular weight is 435 g/mol. The molecule has 162 valence electrons. The normalized spacial score (nSPS) is 15.0. The topological polar surface area (TPSA) is 106 Å². The Morgan fingerprint density at radius 2 is 1.83 bits per heavy atom. The Hall–Kier alpha value is -2.65. The molecule has 0 saturated heterocycles. The van der Waals surface area contributed by atoms with Gasteiger partial charge in [-0.05, 0) is 49.2 Å². The van der Waals surface area contributed by atoms with E-state index in [4.69, 9.17) is 9.15 Å². The lowest BCUT2D eigenvalue weighted by molar-refractivity contribution is -0.135. The van der Waals surface area contributed by atoms with Crippen LogP contribution in [0, 0.1) is 0 Å². The summed E-state index contributed by atoms with van der Waals surface area (Å²) in [5, 5.41) is 0. The fourth-order valence-electron chi connectivity index (χ4n) is 3.42. The van der Waals surface area contributed by atoms with Gasteiger partial charge in [-0.1, -0.05) is 19.3 Å². The van der Waals surface area contributed by atoms with Crippen molar-refractivity contribution in [3.05, 3.63) is 54.0 Å². The molecule has 1 amide bonds. The molecule has 0 aliphatic heterocycles. The maximum atomic E-state index is 12.3. The fourth-order valence-corrected chi connectivity index (χ4v) is 4.41. The molecule has 1 N–H and O–H groups in total. The fraction of sp³-hybridized carbons (Fsp3) is 0.429. The highest BCUT2D eigenvalue weighted by atomic mass is 32.2. The molecule has 1 fully saturated rings. The maximum absolute atomic E-state index is 12.3. The zero-order chi connectivity index (χ0) is 21.6. The number of ether oxygens (including phenoxy) is 1. The summed E-state index contributed by atoms with van der Waals surface area (Å²) in [6.07, 6.45) is 6.81. The number of nitrogens with zero attached hydrogens (tertiary/aromatic N) is 1. The van der Waals surface area contributed by atoms with E-state index in [0.717, 1.165) is 25.7 Å². The number of carbonyl (C=O) groups is 2. The molecule has 8 nitrogen and oxygen atoms in total. The van der Waals surface area contributed by atoms with Crippen LogP contribution in [0.25, 0.3) is 0 Å². The van der Waals surface area contributed by atoms with E-state index in [1.165, 1.54) is 36.9 Å². The third kappa shape index (κ3) is 5.70. The van der Waals surface area contributed by atoms with Crippen molar-refractivity contribution in [2.45, 2.75) is 49.6 Å². The monoisotopic (exact) mass is 434 g/mol. The molecular formula is C21H26N2O6S. The Balaban J connectivity index is 1.52. The molecule has 1 heterocycles. The van der Waals surface area contributed by atoms with E-state index in [0.29, 0.717) is 5.76 Å². The molecule has 1 aromatic heterocycles. The van der Waals surface area contributed by atoms with Gasteiger partial charge in [-0.2, -0.15) is 0 Å². The van der Waals surface area contributed by atoms with E-state index >= 15 is 0 Å². The summed E-state index contributed by atoms with van der Waals surface area (Å²) in [7, 11) is -2.01. The van der Waals surface area contributed by atoms with Crippen LogP contribution in [0.1, 0.15) is 48.2 Å².